The van der Waals surface area contributed by atoms with Crippen LogP contribution in [0.5, 0.6) is 0 Å². The van der Waals surface area contributed by atoms with Gasteiger partial charge in [-0.25, -0.2) is 4.39 Å². The zero-order chi connectivity index (χ0) is 22.4. The van der Waals surface area contributed by atoms with E-state index < -0.39 is 22.6 Å². The molecule has 3 aromatic carbocycles. The highest BCUT2D eigenvalue weighted by Crippen LogP contribution is 2.18. The van der Waals surface area contributed by atoms with E-state index in [0.29, 0.717) is 11.3 Å². The first-order valence-corrected chi connectivity index (χ1v) is 9.72. The fourth-order valence-electron chi connectivity index (χ4n) is 2.62. The van der Waals surface area contributed by atoms with Crippen LogP contribution in [0.1, 0.15) is 15.9 Å². The molecule has 0 radical (unpaired) electrons. The molecule has 0 heterocycles. The predicted octanol–water partition coefficient (Wildman–Crippen LogP) is 4.91. The number of benzene rings is 3. The Morgan fingerprint density at radius 2 is 1.71 bits per heavy atom. The smallest absolute Gasteiger partial charge is 0.272 e. The number of anilines is 1. The lowest BCUT2D eigenvalue weighted by Gasteiger charge is -2.12. The fourth-order valence-corrected chi connectivity index (χ4v) is 2.88. The van der Waals surface area contributed by atoms with E-state index in [2.05, 4.69) is 26.6 Å². The second-order valence-corrected chi connectivity index (χ2v) is 7.22. The molecule has 0 saturated heterocycles. The zero-order valence-electron chi connectivity index (χ0n) is 15.8. The highest BCUT2D eigenvalue weighted by atomic mass is 79.9. The van der Waals surface area contributed by atoms with E-state index in [9.17, 15) is 24.1 Å². The van der Waals surface area contributed by atoms with Crippen LogP contribution in [-0.2, 0) is 4.79 Å². The lowest BCUT2D eigenvalue weighted by molar-refractivity contribution is -0.384. The predicted molar refractivity (Wildman–Crippen MR) is 118 cm³/mol. The highest BCUT2D eigenvalue weighted by Gasteiger charge is 2.18. The van der Waals surface area contributed by atoms with Gasteiger partial charge in [0.2, 0.25) is 0 Å². The van der Waals surface area contributed by atoms with Gasteiger partial charge in [0.25, 0.3) is 17.5 Å². The molecule has 156 valence electrons. The molecule has 0 atom stereocenters. The number of hydrogen-bond acceptors (Lipinski definition) is 4. The van der Waals surface area contributed by atoms with Gasteiger partial charge in [-0.3, -0.25) is 19.7 Å². The zero-order valence-corrected chi connectivity index (χ0v) is 17.4. The molecule has 0 aliphatic carbocycles. The van der Waals surface area contributed by atoms with Crippen LogP contribution in [-0.4, -0.2) is 16.7 Å². The van der Waals surface area contributed by atoms with Gasteiger partial charge in [0.05, 0.1) is 10.5 Å². The van der Waals surface area contributed by atoms with Crippen molar-refractivity contribution in [3.05, 3.63) is 110 Å². The van der Waals surface area contributed by atoms with Crippen molar-refractivity contribution in [3.63, 3.8) is 0 Å². The van der Waals surface area contributed by atoms with E-state index in [4.69, 9.17) is 0 Å². The number of nitro groups is 1. The molecule has 3 aromatic rings. The van der Waals surface area contributed by atoms with Crippen molar-refractivity contribution in [2.45, 2.75) is 0 Å². The number of nitrogens with zero attached hydrogens (tertiary/aromatic N) is 1. The summed E-state index contributed by atoms with van der Waals surface area (Å²) >= 11 is 3.30. The van der Waals surface area contributed by atoms with Gasteiger partial charge < -0.3 is 10.6 Å². The van der Waals surface area contributed by atoms with Gasteiger partial charge in [0, 0.05) is 22.3 Å². The molecule has 3 rings (SSSR count). The molecule has 7 nitrogen and oxygen atoms in total. The molecule has 31 heavy (non-hydrogen) atoms. The SMILES string of the molecule is O=C(Nc1ccc(Br)cc1)/C(=C/c1cccc([N+](=O)[O-])c1)NC(=O)c1ccccc1F. The van der Waals surface area contributed by atoms with Crippen molar-refractivity contribution in [2.75, 3.05) is 5.32 Å². The number of halogens is 2. The Kier molecular flexibility index (Phi) is 6.88. The molecule has 9 heteroatoms. The van der Waals surface area contributed by atoms with E-state index in [1.54, 1.807) is 24.3 Å². The lowest BCUT2D eigenvalue weighted by Crippen LogP contribution is -2.31. The van der Waals surface area contributed by atoms with Crippen molar-refractivity contribution in [1.29, 1.82) is 0 Å². The molecule has 0 unspecified atom stereocenters. The maximum atomic E-state index is 14.0. The quantitative estimate of drug-likeness (QED) is 0.295. The molecule has 0 spiro atoms. The Labute approximate surface area is 184 Å². The van der Waals surface area contributed by atoms with Gasteiger partial charge in [-0.15, -0.1) is 0 Å². The highest BCUT2D eigenvalue weighted by molar-refractivity contribution is 9.10. The first-order chi connectivity index (χ1) is 14.8. The van der Waals surface area contributed by atoms with E-state index in [-0.39, 0.29) is 16.9 Å². The van der Waals surface area contributed by atoms with Crippen LogP contribution in [0.4, 0.5) is 15.8 Å². The Hall–Kier alpha value is -3.85. The van der Waals surface area contributed by atoms with Crippen LogP contribution < -0.4 is 10.6 Å². The van der Waals surface area contributed by atoms with Crippen LogP contribution in [0.2, 0.25) is 0 Å². The van der Waals surface area contributed by atoms with Crippen LogP contribution in [0.25, 0.3) is 6.08 Å². The third-order valence-corrected chi connectivity index (χ3v) is 4.63. The number of hydrogen-bond donors (Lipinski definition) is 2. The van der Waals surface area contributed by atoms with Crippen LogP contribution in [0.3, 0.4) is 0 Å². The Morgan fingerprint density at radius 3 is 2.39 bits per heavy atom. The molecular weight excluding hydrogens is 469 g/mol. The third kappa shape index (κ3) is 5.83. The minimum atomic E-state index is -0.833. The van der Waals surface area contributed by atoms with Crippen LogP contribution >= 0.6 is 15.9 Å². The third-order valence-electron chi connectivity index (χ3n) is 4.11. The average Bonchev–Trinajstić information content (AvgIpc) is 2.75. The largest absolute Gasteiger partial charge is 0.321 e. The summed E-state index contributed by atoms with van der Waals surface area (Å²) in [5.74, 6) is -2.26. The number of nitrogens with one attached hydrogen (secondary N) is 2. The molecule has 0 fully saturated rings. The molecule has 2 amide bonds. The number of amides is 2. The maximum absolute atomic E-state index is 14.0. The number of rotatable bonds is 6. The molecule has 2 N–H and O–H groups in total. The summed E-state index contributed by atoms with van der Waals surface area (Å²) in [4.78, 5) is 35.9. The minimum Gasteiger partial charge on any atom is -0.321 e. The summed E-state index contributed by atoms with van der Waals surface area (Å²) in [6, 6.07) is 17.6. The van der Waals surface area contributed by atoms with Gasteiger partial charge in [-0.1, -0.05) is 40.2 Å². The van der Waals surface area contributed by atoms with E-state index in [1.165, 1.54) is 48.5 Å². The molecule has 0 bridgehead atoms. The summed E-state index contributed by atoms with van der Waals surface area (Å²) in [7, 11) is 0. The Balaban J connectivity index is 1.94. The van der Waals surface area contributed by atoms with Crippen molar-refractivity contribution >= 4 is 45.2 Å². The fraction of sp³-hybridized carbons (Fsp3) is 0. The monoisotopic (exact) mass is 483 g/mol. The van der Waals surface area contributed by atoms with E-state index in [1.807, 2.05) is 0 Å². The summed E-state index contributed by atoms with van der Waals surface area (Å²) in [5, 5.41) is 16.1. The molecule has 0 aliphatic rings. The van der Waals surface area contributed by atoms with Crippen molar-refractivity contribution in [3.8, 4) is 0 Å². The van der Waals surface area contributed by atoms with E-state index >= 15 is 0 Å². The van der Waals surface area contributed by atoms with Crippen LogP contribution in [0, 0.1) is 15.9 Å². The topological polar surface area (TPSA) is 101 Å². The van der Waals surface area contributed by atoms with Gasteiger partial charge in [0.1, 0.15) is 11.5 Å². The second kappa shape index (κ2) is 9.77. The number of nitro benzene ring substituents is 1. The molecule has 0 aromatic heterocycles. The Bertz CT molecular complexity index is 1180. The van der Waals surface area contributed by atoms with Crippen molar-refractivity contribution in [1.82, 2.24) is 5.32 Å². The molecule has 0 saturated carbocycles. The van der Waals surface area contributed by atoms with Crippen molar-refractivity contribution < 1.29 is 18.9 Å². The van der Waals surface area contributed by atoms with Crippen molar-refractivity contribution in [2.24, 2.45) is 0 Å². The van der Waals surface area contributed by atoms with Crippen LogP contribution in [0.15, 0.2) is 83.0 Å². The summed E-state index contributed by atoms with van der Waals surface area (Å²) in [6.45, 7) is 0. The van der Waals surface area contributed by atoms with Gasteiger partial charge >= 0.3 is 0 Å². The second-order valence-electron chi connectivity index (χ2n) is 6.31. The Morgan fingerprint density at radius 1 is 1.00 bits per heavy atom. The van der Waals surface area contributed by atoms with Gasteiger partial charge in [0.15, 0.2) is 0 Å². The summed E-state index contributed by atoms with van der Waals surface area (Å²) in [5.41, 5.74) is 0.129. The number of non-ortho nitro benzene ring substituents is 1. The summed E-state index contributed by atoms with van der Waals surface area (Å²) in [6.07, 6.45) is 1.28. The number of carbonyl (C=O) groups is 2. The minimum absolute atomic E-state index is 0.179. The maximum Gasteiger partial charge on any atom is 0.272 e. The van der Waals surface area contributed by atoms with Gasteiger partial charge in [-0.05, 0) is 48.0 Å². The standard InChI is InChI=1S/C22H15BrFN3O4/c23-15-8-10-16(11-9-15)25-22(29)20(13-14-4-3-5-17(12-14)27(30)31)26-21(28)18-6-1-2-7-19(18)24/h1-13H,(H,25,29)(H,26,28)/b20-13-. The summed E-state index contributed by atoms with van der Waals surface area (Å²) < 4.78 is 14.8. The number of carbonyl (C=O) groups excluding carboxylic acids is 2. The average molecular weight is 484 g/mol. The molecular formula is C22H15BrFN3O4. The first-order valence-electron chi connectivity index (χ1n) is 8.92. The normalized spacial score (nSPS) is 11.0. The molecule has 0 aliphatic heterocycles. The van der Waals surface area contributed by atoms with Gasteiger partial charge in [-0.2, -0.15) is 0 Å². The first kappa shape index (κ1) is 21.8. The lowest BCUT2D eigenvalue weighted by atomic mass is 10.1. The van der Waals surface area contributed by atoms with E-state index in [0.717, 1.165) is 10.5 Å².